The Balaban J connectivity index is 3.46. The Labute approximate surface area is 392 Å². The number of hydrogen-bond acceptors (Lipinski definition) is 5. The van der Waals surface area contributed by atoms with Crippen LogP contribution in [-0.4, -0.2) is 47.4 Å². The summed E-state index contributed by atoms with van der Waals surface area (Å²) < 4.78 is 5.45. The highest BCUT2D eigenvalue weighted by Crippen LogP contribution is 2.17. The van der Waals surface area contributed by atoms with E-state index in [1.807, 2.05) is 0 Å². The van der Waals surface area contributed by atoms with Crippen molar-refractivity contribution in [2.45, 2.75) is 315 Å². The number of ether oxygens (including phenoxy) is 1. The minimum absolute atomic E-state index is 0.0239. The van der Waals surface area contributed by atoms with Gasteiger partial charge < -0.3 is 20.3 Å². The number of unbranched alkanes of at least 4 members (excludes halogenated alkanes) is 37. The molecule has 63 heavy (non-hydrogen) atoms. The summed E-state index contributed by atoms with van der Waals surface area (Å²) in [5.74, 6) is -0.0729. The van der Waals surface area contributed by atoms with E-state index in [0.717, 1.165) is 70.6 Å². The Bertz CT molecular complexity index is 982. The lowest BCUT2D eigenvalue weighted by molar-refractivity contribution is -0.143. The van der Waals surface area contributed by atoms with E-state index in [4.69, 9.17) is 4.74 Å². The molecular weight excluding hydrogens is 779 g/mol. The summed E-state index contributed by atoms with van der Waals surface area (Å²) in [5.41, 5.74) is 0. The van der Waals surface area contributed by atoms with Crippen molar-refractivity contribution in [2.75, 3.05) is 13.2 Å². The molecule has 0 aliphatic carbocycles. The number of rotatable bonds is 52. The lowest BCUT2D eigenvalue weighted by Crippen LogP contribution is -2.45. The molecule has 0 rings (SSSR count). The average molecular weight is 889 g/mol. The predicted octanol–water partition coefficient (Wildman–Crippen LogP) is 17.1. The average Bonchev–Trinajstić information content (AvgIpc) is 3.28. The SMILES string of the molecule is CCC/C=C\C/C=C\CCCCCCCC(=O)OCCCCCCCCCCCCCCC(=O)NC(CO)C(O)CCCCCCCCCCCCCCCCCCCCCCC. The molecule has 0 heterocycles. The van der Waals surface area contributed by atoms with Crippen LogP contribution in [0.4, 0.5) is 0 Å². The summed E-state index contributed by atoms with van der Waals surface area (Å²) in [5, 5.41) is 23.3. The number of hydrogen-bond donors (Lipinski definition) is 3. The third-order valence-corrected chi connectivity index (χ3v) is 13.0. The molecule has 0 aliphatic rings. The van der Waals surface area contributed by atoms with Crippen LogP contribution in [0.3, 0.4) is 0 Å². The van der Waals surface area contributed by atoms with Crippen LogP contribution in [0.15, 0.2) is 24.3 Å². The van der Waals surface area contributed by atoms with Crippen LogP contribution >= 0.6 is 0 Å². The van der Waals surface area contributed by atoms with Gasteiger partial charge in [0.15, 0.2) is 0 Å². The Hall–Kier alpha value is -1.66. The van der Waals surface area contributed by atoms with Crippen LogP contribution in [-0.2, 0) is 14.3 Å². The maximum atomic E-state index is 12.5. The van der Waals surface area contributed by atoms with Gasteiger partial charge in [0.25, 0.3) is 0 Å². The molecule has 6 nitrogen and oxygen atoms in total. The number of carbonyl (C=O) groups is 2. The summed E-state index contributed by atoms with van der Waals surface area (Å²) in [6, 6.07) is -0.554. The van der Waals surface area contributed by atoms with Gasteiger partial charge in [-0.1, -0.05) is 263 Å². The molecule has 3 N–H and O–H groups in total. The molecule has 0 fully saturated rings. The highest BCUT2D eigenvalue weighted by atomic mass is 16.5. The van der Waals surface area contributed by atoms with Gasteiger partial charge in [0.1, 0.15) is 0 Å². The standard InChI is InChI=1S/C57H109NO5/c1-3-5-7-9-11-13-15-17-18-19-20-21-22-23-24-26-29-33-37-41-45-49-55(60)54(53-59)58-56(61)50-46-42-38-34-30-27-28-32-36-40-44-48-52-63-57(62)51-47-43-39-35-31-25-16-14-12-10-8-6-4-2/h8,10,14,16,54-55,59-60H,3-7,9,11-13,15,17-53H2,1-2H3,(H,58,61)/b10-8-,16-14-. The van der Waals surface area contributed by atoms with Crippen LogP contribution in [0, 0.1) is 0 Å². The Kier molecular flexibility index (Phi) is 51.6. The van der Waals surface area contributed by atoms with Crippen molar-refractivity contribution in [1.82, 2.24) is 5.32 Å². The zero-order valence-electron chi connectivity index (χ0n) is 42.3. The smallest absolute Gasteiger partial charge is 0.305 e. The van der Waals surface area contributed by atoms with Crippen molar-refractivity contribution in [3.63, 3.8) is 0 Å². The zero-order chi connectivity index (χ0) is 45.8. The normalized spacial score (nSPS) is 12.8. The summed E-state index contributed by atoms with van der Waals surface area (Å²) in [4.78, 5) is 24.5. The second-order valence-corrected chi connectivity index (χ2v) is 19.3. The van der Waals surface area contributed by atoms with E-state index in [-0.39, 0.29) is 18.5 Å². The van der Waals surface area contributed by atoms with Crippen LogP contribution < -0.4 is 5.32 Å². The first kappa shape index (κ1) is 61.3. The molecule has 0 aliphatic heterocycles. The number of allylic oxidation sites excluding steroid dienone is 4. The fraction of sp³-hybridized carbons (Fsp3) is 0.895. The van der Waals surface area contributed by atoms with Crippen molar-refractivity contribution >= 4 is 11.9 Å². The molecule has 0 saturated carbocycles. The first-order valence-corrected chi connectivity index (χ1v) is 28.1. The molecular formula is C57H109NO5. The third kappa shape index (κ3) is 49.6. The zero-order valence-corrected chi connectivity index (χ0v) is 42.3. The summed E-state index contributed by atoms with van der Waals surface area (Å²) in [6.45, 7) is 4.86. The van der Waals surface area contributed by atoms with E-state index in [1.165, 1.54) is 199 Å². The highest BCUT2D eigenvalue weighted by molar-refractivity contribution is 5.76. The number of carbonyl (C=O) groups excluding carboxylic acids is 2. The Morgan fingerprint density at radius 3 is 1.27 bits per heavy atom. The molecule has 0 radical (unpaired) electrons. The molecule has 2 unspecified atom stereocenters. The molecule has 1 amide bonds. The maximum absolute atomic E-state index is 12.5. The van der Waals surface area contributed by atoms with Gasteiger partial charge in [-0.25, -0.2) is 0 Å². The molecule has 0 aromatic carbocycles. The van der Waals surface area contributed by atoms with E-state index in [1.54, 1.807) is 0 Å². The highest BCUT2D eigenvalue weighted by Gasteiger charge is 2.20. The van der Waals surface area contributed by atoms with Crippen LogP contribution in [0.2, 0.25) is 0 Å². The van der Waals surface area contributed by atoms with E-state index in [9.17, 15) is 19.8 Å². The Morgan fingerprint density at radius 1 is 0.444 bits per heavy atom. The molecule has 372 valence electrons. The van der Waals surface area contributed by atoms with Gasteiger partial charge in [0.2, 0.25) is 5.91 Å². The topological polar surface area (TPSA) is 95.9 Å². The Morgan fingerprint density at radius 2 is 0.825 bits per heavy atom. The van der Waals surface area contributed by atoms with Gasteiger partial charge in [-0.05, 0) is 51.4 Å². The van der Waals surface area contributed by atoms with Gasteiger partial charge in [0.05, 0.1) is 25.4 Å². The minimum atomic E-state index is -0.676. The second-order valence-electron chi connectivity index (χ2n) is 19.3. The largest absolute Gasteiger partial charge is 0.466 e. The predicted molar refractivity (Wildman–Crippen MR) is 273 cm³/mol. The molecule has 0 aromatic rings. The van der Waals surface area contributed by atoms with Crippen molar-refractivity contribution in [1.29, 1.82) is 0 Å². The number of esters is 1. The van der Waals surface area contributed by atoms with Crippen LogP contribution in [0.1, 0.15) is 303 Å². The molecule has 2 atom stereocenters. The fourth-order valence-corrected chi connectivity index (χ4v) is 8.68. The first-order valence-electron chi connectivity index (χ1n) is 28.1. The van der Waals surface area contributed by atoms with Crippen molar-refractivity contribution < 1.29 is 24.5 Å². The van der Waals surface area contributed by atoms with Crippen molar-refractivity contribution in [3.05, 3.63) is 24.3 Å². The van der Waals surface area contributed by atoms with Crippen LogP contribution in [0.5, 0.6) is 0 Å². The van der Waals surface area contributed by atoms with Crippen molar-refractivity contribution in [2.24, 2.45) is 0 Å². The quantitative estimate of drug-likeness (QED) is 0.0321. The number of amides is 1. The van der Waals surface area contributed by atoms with Gasteiger partial charge in [-0.3, -0.25) is 9.59 Å². The molecule has 0 aromatic heterocycles. The lowest BCUT2D eigenvalue weighted by Gasteiger charge is -2.22. The number of aliphatic hydroxyl groups is 2. The third-order valence-electron chi connectivity index (χ3n) is 13.0. The molecule has 0 saturated heterocycles. The van der Waals surface area contributed by atoms with Crippen LogP contribution in [0.25, 0.3) is 0 Å². The number of aliphatic hydroxyl groups excluding tert-OH is 2. The monoisotopic (exact) mass is 888 g/mol. The van der Waals surface area contributed by atoms with E-state index >= 15 is 0 Å². The van der Waals surface area contributed by atoms with E-state index in [0.29, 0.717) is 25.9 Å². The summed E-state index contributed by atoms with van der Waals surface area (Å²) in [6.07, 6.45) is 63.0. The first-order chi connectivity index (χ1) is 31.0. The van der Waals surface area contributed by atoms with E-state index in [2.05, 4.69) is 43.5 Å². The van der Waals surface area contributed by atoms with Gasteiger partial charge in [-0.15, -0.1) is 0 Å². The number of nitrogens with one attached hydrogen (secondary N) is 1. The molecule has 6 heteroatoms. The molecule has 0 spiro atoms. The summed E-state index contributed by atoms with van der Waals surface area (Å²) in [7, 11) is 0. The lowest BCUT2D eigenvalue weighted by atomic mass is 10.0. The van der Waals surface area contributed by atoms with Gasteiger partial charge in [0, 0.05) is 12.8 Å². The maximum Gasteiger partial charge on any atom is 0.305 e. The second kappa shape index (κ2) is 53.0. The van der Waals surface area contributed by atoms with Gasteiger partial charge >= 0.3 is 5.97 Å². The minimum Gasteiger partial charge on any atom is -0.466 e. The van der Waals surface area contributed by atoms with Gasteiger partial charge in [-0.2, -0.15) is 0 Å². The fourth-order valence-electron chi connectivity index (χ4n) is 8.68. The van der Waals surface area contributed by atoms with Crippen molar-refractivity contribution in [3.8, 4) is 0 Å². The van der Waals surface area contributed by atoms with E-state index < -0.39 is 12.1 Å². The molecule has 0 bridgehead atoms. The summed E-state index contributed by atoms with van der Waals surface area (Å²) >= 11 is 0.